The van der Waals surface area contributed by atoms with E-state index in [1.54, 1.807) is 6.07 Å². The summed E-state index contributed by atoms with van der Waals surface area (Å²) in [7, 11) is 1.99. The van der Waals surface area contributed by atoms with Crippen LogP contribution in [0.3, 0.4) is 0 Å². The van der Waals surface area contributed by atoms with Crippen molar-refractivity contribution < 1.29 is 9.18 Å². The second-order valence-corrected chi connectivity index (χ2v) is 4.67. The molecule has 0 bridgehead atoms. The average molecular weight is 236 g/mol. The summed E-state index contributed by atoms with van der Waals surface area (Å²) in [6, 6.07) is 4.42. The molecule has 0 aromatic heterocycles. The molecule has 1 aliphatic heterocycles. The largest absolute Gasteiger partial charge is 0.396 e. The summed E-state index contributed by atoms with van der Waals surface area (Å²) in [5.74, 6) is -0.605. The summed E-state index contributed by atoms with van der Waals surface area (Å²) in [4.78, 5) is 14.4. The van der Waals surface area contributed by atoms with E-state index in [2.05, 4.69) is 4.90 Å². The van der Waals surface area contributed by atoms with Gasteiger partial charge in [-0.25, -0.2) is 4.39 Å². The Morgan fingerprint density at radius 3 is 3.00 bits per heavy atom. The van der Waals surface area contributed by atoms with Gasteiger partial charge in [0, 0.05) is 18.0 Å². The van der Waals surface area contributed by atoms with Gasteiger partial charge in [-0.15, -0.1) is 0 Å². The van der Waals surface area contributed by atoms with E-state index < -0.39 is 5.82 Å². The summed E-state index contributed by atoms with van der Waals surface area (Å²) in [5, 5.41) is 0. The summed E-state index contributed by atoms with van der Waals surface area (Å²) in [6.07, 6.45) is 1.86. The van der Waals surface area contributed by atoms with Gasteiger partial charge in [0.15, 0.2) is 5.78 Å². The first-order chi connectivity index (χ1) is 8.09. The molecule has 1 saturated heterocycles. The number of nitrogens with zero attached hydrogens (tertiary/aromatic N) is 1. The van der Waals surface area contributed by atoms with Gasteiger partial charge in [-0.2, -0.15) is 0 Å². The molecule has 0 spiro atoms. The van der Waals surface area contributed by atoms with Crippen LogP contribution in [0.1, 0.15) is 23.2 Å². The van der Waals surface area contributed by atoms with Crippen LogP contribution in [0.25, 0.3) is 0 Å². The third-order valence-electron chi connectivity index (χ3n) is 3.31. The van der Waals surface area contributed by atoms with Crippen LogP contribution >= 0.6 is 0 Å². The predicted octanol–water partition coefficient (Wildman–Crippen LogP) is 1.93. The highest BCUT2D eigenvalue weighted by Gasteiger charge is 2.26. The number of likely N-dealkylation sites (tertiary alicyclic amines) is 1. The molecule has 1 atom stereocenters. The molecule has 3 nitrogen and oxygen atoms in total. The lowest BCUT2D eigenvalue weighted by atomic mass is 9.89. The number of benzene rings is 1. The van der Waals surface area contributed by atoms with Gasteiger partial charge in [0.05, 0.1) is 5.69 Å². The van der Waals surface area contributed by atoms with E-state index in [4.69, 9.17) is 5.73 Å². The van der Waals surface area contributed by atoms with Crippen LogP contribution in [0.15, 0.2) is 18.2 Å². The summed E-state index contributed by atoms with van der Waals surface area (Å²) < 4.78 is 13.3. The van der Waals surface area contributed by atoms with Crippen molar-refractivity contribution in [1.29, 1.82) is 0 Å². The van der Waals surface area contributed by atoms with Crippen molar-refractivity contribution in [3.63, 3.8) is 0 Å². The Morgan fingerprint density at radius 1 is 1.53 bits per heavy atom. The third kappa shape index (κ3) is 2.47. The smallest absolute Gasteiger partial charge is 0.169 e. The quantitative estimate of drug-likeness (QED) is 0.630. The van der Waals surface area contributed by atoms with Gasteiger partial charge in [0.2, 0.25) is 0 Å². The Bertz CT molecular complexity index is 433. The highest BCUT2D eigenvalue weighted by Crippen LogP contribution is 2.24. The first kappa shape index (κ1) is 12.0. The highest BCUT2D eigenvalue weighted by atomic mass is 19.1. The molecule has 0 radical (unpaired) electrons. The van der Waals surface area contributed by atoms with Gasteiger partial charge in [0.25, 0.3) is 0 Å². The second kappa shape index (κ2) is 4.84. The van der Waals surface area contributed by atoms with Gasteiger partial charge in [-0.3, -0.25) is 4.79 Å². The molecule has 92 valence electrons. The zero-order chi connectivity index (χ0) is 12.4. The fraction of sp³-hybridized carbons (Fsp3) is 0.462. The fourth-order valence-electron chi connectivity index (χ4n) is 2.35. The number of nitrogens with two attached hydrogens (primary N) is 1. The van der Waals surface area contributed by atoms with Crippen LogP contribution in [-0.4, -0.2) is 30.8 Å². The lowest BCUT2D eigenvalue weighted by molar-refractivity contribution is 0.0844. The van der Waals surface area contributed by atoms with Crippen molar-refractivity contribution in [2.75, 3.05) is 25.9 Å². The number of carbonyl (C=O) groups excluding carboxylic acids is 1. The SMILES string of the molecule is CN1CCCC(C(=O)c2cccc(F)c2N)C1. The lowest BCUT2D eigenvalue weighted by Crippen LogP contribution is -2.36. The number of hydrogen-bond acceptors (Lipinski definition) is 3. The average Bonchev–Trinajstić information content (AvgIpc) is 2.32. The Labute approximate surface area is 100 Å². The molecule has 0 amide bonds. The maximum Gasteiger partial charge on any atom is 0.169 e. The highest BCUT2D eigenvalue weighted by molar-refractivity contribution is 6.02. The zero-order valence-electron chi connectivity index (χ0n) is 9.95. The van der Waals surface area contributed by atoms with Gasteiger partial charge in [0.1, 0.15) is 5.82 Å². The van der Waals surface area contributed by atoms with Crippen molar-refractivity contribution >= 4 is 11.5 Å². The molecule has 1 heterocycles. The summed E-state index contributed by atoms with van der Waals surface area (Å²) in [6.45, 7) is 1.75. The maximum absolute atomic E-state index is 13.3. The number of hydrogen-bond donors (Lipinski definition) is 1. The molecule has 1 aromatic rings. The number of carbonyl (C=O) groups is 1. The third-order valence-corrected chi connectivity index (χ3v) is 3.31. The van der Waals surface area contributed by atoms with Crippen molar-refractivity contribution in [3.05, 3.63) is 29.6 Å². The van der Waals surface area contributed by atoms with E-state index in [9.17, 15) is 9.18 Å². The van der Waals surface area contributed by atoms with E-state index in [1.807, 2.05) is 7.05 Å². The number of Topliss-reactive ketones (excluding diaryl/α,β-unsaturated/α-hetero) is 1. The summed E-state index contributed by atoms with van der Waals surface area (Å²) >= 11 is 0. The van der Waals surface area contributed by atoms with Gasteiger partial charge in [-0.05, 0) is 38.6 Å². The van der Waals surface area contributed by atoms with Crippen LogP contribution in [0.2, 0.25) is 0 Å². The topological polar surface area (TPSA) is 46.3 Å². The summed E-state index contributed by atoms with van der Waals surface area (Å²) in [5.41, 5.74) is 5.92. The second-order valence-electron chi connectivity index (χ2n) is 4.67. The monoisotopic (exact) mass is 236 g/mol. The minimum atomic E-state index is -0.514. The molecule has 1 unspecified atom stereocenters. The molecule has 1 aromatic carbocycles. The first-order valence-corrected chi connectivity index (χ1v) is 5.86. The van der Waals surface area contributed by atoms with Crippen molar-refractivity contribution in [1.82, 2.24) is 4.90 Å². The Balaban J connectivity index is 2.22. The van der Waals surface area contributed by atoms with E-state index in [0.29, 0.717) is 5.56 Å². The van der Waals surface area contributed by atoms with Gasteiger partial charge >= 0.3 is 0 Å². The molecule has 4 heteroatoms. The number of nitrogen functional groups attached to an aromatic ring is 1. The van der Waals surface area contributed by atoms with E-state index >= 15 is 0 Å². The van der Waals surface area contributed by atoms with E-state index in [1.165, 1.54) is 12.1 Å². The number of para-hydroxylation sites is 1. The van der Waals surface area contributed by atoms with Crippen LogP contribution in [0.5, 0.6) is 0 Å². The minimum absolute atomic E-state index is 0.0225. The van der Waals surface area contributed by atoms with Gasteiger partial charge in [-0.1, -0.05) is 6.07 Å². The van der Waals surface area contributed by atoms with Crippen LogP contribution in [-0.2, 0) is 0 Å². The zero-order valence-corrected chi connectivity index (χ0v) is 9.95. The Hall–Kier alpha value is -1.42. The molecular weight excluding hydrogens is 219 g/mol. The fourth-order valence-corrected chi connectivity index (χ4v) is 2.35. The van der Waals surface area contributed by atoms with Crippen LogP contribution < -0.4 is 5.73 Å². The van der Waals surface area contributed by atoms with Crippen molar-refractivity contribution in [3.8, 4) is 0 Å². The van der Waals surface area contributed by atoms with Crippen LogP contribution in [0, 0.1) is 11.7 Å². The first-order valence-electron chi connectivity index (χ1n) is 5.86. The normalized spacial score (nSPS) is 21.4. The van der Waals surface area contributed by atoms with E-state index in [-0.39, 0.29) is 17.4 Å². The van der Waals surface area contributed by atoms with E-state index in [0.717, 1.165) is 25.9 Å². The minimum Gasteiger partial charge on any atom is -0.396 e. The molecular formula is C13H17FN2O. The standard InChI is InChI=1S/C13H17FN2O/c1-16-7-3-4-9(8-16)13(17)10-5-2-6-11(14)12(10)15/h2,5-6,9H,3-4,7-8,15H2,1H3. The van der Waals surface area contributed by atoms with Crippen molar-refractivity contribution in [2.24, 2.45) is 5.92 Å². The lowest BCUT2D eigenvalue weighted by Gasteiger charge is -2.28. The molecule has 0 saturated carbocycles. The molecule has 17 heavy (non-hydrogen) atoms. The molecule has 2 N–H and O–H groups in total. The molecule has 0 aliphatic carbocycles. The molecule has 2 rings (SSSR count). The maximum atomic E-state index is 13.3. The number of piperidine rings is 1. The molecule has 1 aliphatic rings. The van der Waals surface area contributed by atoms with Crippen molar-refractivity contribution in [2.45, 2.75) is 12.8 Å². The van der Waals surface area contributed by atoms with Gasteiger partial charge < -0.3 is 10.6 Å². The molecule has 1 fully saturated rings. The Kier molecular flexibility index (Phi) is 3.43. The number of anilines is 1. The Morgan fingerprint density at radius 2 is 2.29 bits per heavy atom. The van der Waals surface area contributed by atoms with Crippen LogP contribution in [0.4, 0.5) is 10.1 Å². The predicted molar refractivity (Wildman–Crippen MR) is 65.4 cm³/mol. The number of ketones is 1. The number of halogens is 1. The number of rotatable bonds is 2.